The Morgan fingerprint density at radius 2 is 1.48 bits per heavy atom. The van der Waals surface area contributed by atoms with Crippen LogP contribution in [0.1, 0.15) is 18.2 Å². The molecule has 0 unspecified atom stereocenters. The smallest absolute Gasteiger partial charge is 0.359 e. The molecule has 1 aromatic heterocycles. The van der Waals surface area contributed by atoms with Gasteiger partial charge in [-0.1, -0.05) is 18.2 Å². The molecular weight excluding hydrogens is 620 g/mol. The standard InChI is InChI=1S/C27H24N4O11S2/c1-2-42-27(35)24-22(26(34)31(29-24)18-10-14-20(15-11-18)44(39,40)41)7-5-3-4-6-21-23(16-32)28-30(25(21)33)17-8-12-19(13-9-17)43(36,37)38/h3-15,28,32H,2,16H2,1H3,(H,36,37,38)(H,39,40,41). The maximum Gasteiger partial charge on any atom is 0.359 e. The highest BCUT2D eigenvalue weighted by Crippen LogP contribution is 2.26. The largest absolute Gasteiger partial charge is 0.461 e. The molecule has 0 atom stereocenters. The van der Waals surface area contributed by atoms with Crippen LogP contribution in [0.3, 0.4) is 0 Å². The maximum absolute atomic E-state index is 13.1. The van der Waals surface area contributed by atoms with E-state index in [1.807, 2.05) is 0 Å². The van der Waals surface area contributed by atoms with Crippen molar-refractivity contribution in [1.29, 1.82) is 0 Å². The van der Waals surface area contributed by atoms with Gasteiger partial charge in [0.2, 0.25) is 0 Å². The normalized spacial score (nSPS) is 15.1. The number of benzene rings is 2. The Labute approximate surface area is 250 Å². The van der Waals surface area contributed by atoms with Crippen molar-refractivity contribution in [2.45, 2.75) is 23.3 Å². The number of rotatable bonds is 10. The summed E-state index contributed by atoms with van der Waals surface area (Å²) in [5.74, 6) is -1.60. The SMILES string of the molecule is CCOC(=O)C1=NN(c2ccc(S(=O)(=O)O)cc2)C(=O)C1=CC=CC=Cc1c(CO)[nH]n(-c2ccc(S(=O)(=O)O)cc2)c1=O. The molecule has 1 amide bonds. The molecule has 0 bridgehead atoms. The number of carbonyl (C=O) groups excluding carboxylic acids is 2. The molecule has 15 nitrogen and oxygen atoms in total. The zero-order valence-corrected chi connectivity index (χ0v) is 24.3. The van der Waals surface area contributed by atoms with Crippen LogP contribution >= 0.6 is 0 Å². The summed E-state index contributed by atoms with van der Waals surface area (Å²) in [5, 5.41) is 17.3. The van der Waals surface area contributed by atoms with Crippen molar-refractivity contribution in [1.82, 2.24) is 9.78 Å². The average molecular weight is 645 g/mol. The summed E-state index contributed by atoms with van der Waals surface area (Å²) in [6, 6.07) is 9.36. The van der Waals surface area contributed by atoms with Crippen molar-refractivity contribution in [2.24, 2.45) is 5.10 Å². The van der Waals surface area contributed by atoms with Crippen molar-refractivity contribution in [2.75, 3.05) is 11.6 Å². The highest BCUT2D eigenvalue weighted by Gasteiger charge is 2.35. The second-order valence-electron chi connectivity index (χ2n) is 8.85. The number of aliphatic hydroxyl groups is 1. The van der Waals surface area contributed by atoms with Gasteiger partial charge < -0.3 is 9.84 Å². The van der Waals surface area contributed by atoms with Gasteiger partial charge in [-0.05, 0) is 67.6 Å². The fourth-order valence-electron chi connectivity index (χ4n) is 3.95. The molecule has 1 aliphatic rings. The van der Waals surface area contributed by atoms with Crippen molar-refractivity contribution in [3.63, 3.8) is 0 Å². The maximum atomic E-state index is 13.1. The van der Waals surface area contributed by atoms with Crippen molar-refractivity contribution in [3.05, 3.63) is 100 Å². The first-order chi connectivity index (χ1) is 20.8. The van der Waals surface area contributed by atoms with E-state index < -0.39 is 49.2 Å². The number of esters is 1. The van der Waals surface area contributed by atoms with E-state index in [-0.39, 0.29) is 45.4 Å². The minimum Gasteiger partial charge on any atom is -0.461 e. The number of aromatic nitrogens is 2. The van der Waals surface area contributed by atoms with Gasteiger partial charge in [-0.3, -0.25) is 23.8 Å². The van der Waals surface area contributed by atoms with Crippen LogP contribution in [0, 0.1) is 0 Å². The summed E-state index contributed by atoms with van der Waals surface area (Å²) in [5.41, 5.74) is -0.441. The summed E-state index contributed by atoms with van der Waals surface area (Å²) in [7, 11) is -8.90. The fraction of sp³-hybridized carbons (Fsp3) is 0.111. The number of hydrogen-bond donors (Lipinski definition) is 4. The number of hydrazone groups is 1. The first kappa shape index (κ1) is 32.0. The number of aromatic amines is 1. The number of nitrogens with one attached hydrogen (secondary N) is 1. The summed E-state index contributed by atoms with van der Waals surface area (Å²) in [6.45, 7) is 1.04. The first-order valence-corrected chi connectivity index (χ1v) is 15.4. The molecule has 0 saturated heterocycles. The Hall–Kier alpha value is -4.94. The van der Waals surface area contributed by atoms with Gasteiger partial charge >= 0.3 is 5.97 Å². The van der Waals surface area contributed by atoms with Gasteiger partial charge in [0.05, 0.1) is 51.2 Å². The molecule has 0 fully saturated rings. The minimum absolute atomic E-state index is 0.00696. The number of allylic oxidation sites excluding steroid dienone is 4. The van der Waals surface area contributed by atoms with Crippen LogP contribution in [0.4, 0.5) is 5.69 Å². The van der Waals surface area contributed by atoms with E-state index in [0.29, 0.717) is 0 Å². The number of nitrogens with zero attached hydrogens (tertiary/aromatic N) is 3. The van der Waals surface area contributed by atoms with E-state index >= 15 is 0 Å². The molecule has 4 rings (SSSR count). The lowest BCUT2D eigenvalue weighted by Gasteiger charge is -2.11. The Morgan fingerprint density at radius 1 is 0.909 bits per heavy atom. The minimum atomic E-state index is -4.47. The van der Waals surface area contributed by atoms with E-state index in [4.69, 9.17) is 9.29 Å². The number of carbonyl (C=O) groups is 2. The monoisotopic (exact) mass is 644 g/mol. The van der Waals surface area contributed by atoms with E-state index in [1.54, 1.807) is 6.92 Å². The lowest BCUT2D eigenvalue weighted by atomic mass is 10.1. The quantitative estimate of drug-likeness (QED) is 0.107. The van der Waals surface area contributed by atoms with Crippen LogP contribution in [0.25, 0.3) is 11.8 Å². The Kier molecular flexibility index (Phi) is 9.26. The zero-order valence-electron chi connectivity index (χ0n) is 22.7. The van der Waals surface area contributed by atoms with Gasteiger partial charge in [0.25, 0.3) is 31.7 Å². The summed E-state index contributed by atoms with van der Waals surface area (Å²) in [6.07, 6.45) is 6.92. The van der Waals surface area contributed by atoms with E-state index in [2.05, 4.69) is 10.2 Å². The van der Waals surface area contributed by atoms with E-state index in [0.717, 1.165) is 34.0 Å². The van der Waals surface area contributed by atoms with Crippen LogP contribution in [-0.4, -0.2) is 65.0 Å². The third-order valence-corrected chi connectivity index (χ3v) is 7.77. The summed E-state index contributed by atoms with van der Waals surface area (Å²) >= 11 is 0. The summed E-state index contributed by atoms with van der Waals surface area (Å²) in [4.78, 5) is 37.8. The van der Waals surface area contributed by atoms with Gasteiger partial charge in [-0.2, -0.15) is 26.9 Å². The molecule has 0 saturated carbocycles. The first-order valence-electron chi connectivity index (χ1n) is 12.5. The topological polar surface area (TPSA) is 226 Å². The molecule has 0 spiro atoms. The molecule has 0 radical (unpaired) electrons. The number of aliphatic hydroxyl groups excluding tert-OH is 1. The van der Waals surface area contributed by atoms with Gasteiger partial charge in [-0.15, -0.1) is 0 Å². The number of amides is 1. The van der Waals surface area contributed by atoms with Gasteiger partial charge in [0.1, 0.15) is 0 Å². The molecular formula is C27H24N4O11S2. The number of H-pyrrole nitrogens is 1. The second-order valence-corrected chi connectivity index (χ2v) is 11.7. The summed E-state index contributed by atoms with van der Waals surface area (Å²) < 4.78 is 69.6. The molecule has 4 N–H and O–H groups in total. The van der Waals surface area contributed by atoms with Gasteiger partial charge in [-0.25, -0.2) is 9.48 Å². The van der Waals surface area contributed by atoms with Gasteiger partial charge in [0.15, 0.2) is 5.71 Å². The molecule has 0 aliphatic carbocycles. The molecule has 3 aromatic rings. The van der Waals surface area contributed by atoms with Crippen molar-refractivity contribution < 1.29 is 45.4 Å². The van der Waals surface area contributed by atoms with E-state index in [9.17, 15) is 40.9 Å². The fourth-order valence-corrected chi connectivity index (χ4v) is 4.91. The van der Waals surface area contributed by atoms with Crippen molar-refractivity contribution >= 4 is 49.6 Å². The Balaban J connectivity index is 1.59. The molecule has 230 valence electrons. The highest BCUT2D eigenvalue weighted by atomic mass is 32.2. The predicted molar refractivity (Wildman–Crippen MR) is 156 cm³/mol. The highest BCUT2D eigenvalue weighted by molar-refractivity contribution is 7.86. The Bertz CT molecular complexity index is 2000. The number of ether oxygens (including phenoxy) is 1. The van der Waals surface area contributed by atoms with Crippen LogP contribution in [0.2, 0.25) is 0 Å². The lowest BCUT2D eigenvalue weighted by molar-refractivity contribution is -0.135. The zero-order chi connectivity index (χ0) is 32.2. The van der Waals surface area contributed by atoms with Crippen molar-refractivity contribution in [3.8, 4) is 5.69 Å². The van der Waals surface area contributed by atoms with E-state index in [1.165, 1.54) is 54.6 Å². The van der Waals surface area contributed by atoms with Crippen LogP contribution in [0.5, 0.6) is 0 Å². The lowest BCUT2D eigenvalue weighted by Crippen LogP contribution is -2.22. The third-order valence-electron chi connectivity index (χ3n) is 6.03. The van der Waals surface area contributed by atoms with Gasteiger partial charge in [0, 0.05) is 0 Å². The van der Waals surface area contributed by atoms with Crippen LogP contribution in [-0.2, 0) is 41.2 Å². The molecule has 1 aliphatic heterocycles. The molecule has 2 aromatic carbocycles. The molecule has 44 heavy (non-hydrogen) atoms. The predicted octanol–water partition coefficient (Wildman–Crippen LogP) is 1.61. The van der Waals surface area contributed by atoms with Crippen LogP contribution in [0.15, 0.2) is 98.1 Å². The van der Waals surface area contributed by atoms with Crippen LogP contribution < -0.4 is 10.6 Å². The second kappa shape index (κ2) is 12.7. The third kappa shape index (κ3) is 6.82. The molecule has 2 heterocycles. The number of anilines is 1. The average Bonchev–Trinajstić information content (AvgIpc) is 3.48. The Morgan fingerprint density at radius 3 is 2.00 bits per heavy atom. The number of hydrogen-bond acceptors (Lipinski definition) is 10. The molecule has 17 heteroatoms.